The number of fused-ring (bicyclic) bond motifs is 1. The first-order valence-corrected chi connectivity index (χ1v) is 8.24. The van der Waals surface area contributed by atoms with Crippen LogP contribution in [-0.2, 0) is 13.0 Å². The van der Waals surface area contributed by atoms with E-state index in [1.807, 2.05) is 18.2 Å². The maximum Gasteiger partial charge on any atom is 0.104 e. The number of nitriles is 1. The standard InChI is InChI=1S/C16H16ClN3OS/c17-13-4-2-1-3-11(13)14(21)8-20-6-5-10-12(7-18)16(19)22-15(10)9-20/h1-4,14,21H,5-6,8-9,19H2. The average molecular weight is 334 g/mol. The van der Waals surface area contributed by atoms with E-state index >= 15 is 0 Å². The third-order valence-corrected chi connectivity index (χ3v) is 5.36. The monoisotopic (exact) mass is 333 g/mol. The molecule has 0 fully saturated rings. The highest BCUT2D eigenvalue weighted by atomic mass is 35.5. The zero-order valence-corrected chi connectivity index (χ0v) is 13.5. The first-order chi connectivity index (χ1) is 10.6. The van der Waals surface area contributed by atoms with E-state index in [1.165, 1.54) is 11.3 Å². The minimum Gasteiger partial charge on any atom is -0.389 e. The number of hydrogen-bond donors (Lipinski definition) is 2. The van der Waals surface area contributed by atoms with E-state index in [9.17, 15) is 5.11 Å². The van der Waals surface area contributed by atoms with E-state index in [0.717, 1.165) is 29.0 Å². The van der Waals surface area contributed by atoms with Crippen molar-refractivity contribution in [1.29, 1.82) is 5.26 Å². The topological polar surface area (TPSA) is 73.3 Å². The van der Waals surface area contributed by atoms with Gasteiger partial charge in [0.05, 0.1) is 11.7 Å². The number of nitrogens with two attached hydrogens (primary N) is 1. The summed E-state index contributed by atoms with van der Waals surface area (Å²) in [5.74, 6) is 0. The van der Waals surface area contributed by atoms with Gasteiger partial charge in [0.25, 0.3) is 0 Å². The van der Waals surface area contributed by atoms with E-state index in [1.54, 1.807) is 6.07 Å². The molecule has 1 aliphatic heterocycles. The maximum absolute atomic E-state index is 10.4. The van der Waals surface area contributed by atoms with Gasteiger partial charge in [-0.15, -0.1) is 11.3 Å². The lowest BCUT2D eigenvalue weighted by Crippen LogP contribution is -2.33. The number of aliphatic hydroxyl groups is 1. The molecule has 1 aliphatic rings. The minimum absolute atomic E-state index is 0.517. The van der Waals surface area contributed by atoms with Crippen LogP contribution in [0.1, 0.15) is 27.7 Å². The third kappa shape index (κ3) is 2.83. The molecule has 1 atom stereocenters. The number of thiophene rings is 1. The van der Waals surface area contributed by atoms with Gasteiger partial charge in [-0.1, -0.05) is 29.8 Å². The molecule has 2 aromatic rings. The second kappa shape index (κ2) is 6.27. The van der Waals surface area contributed by atoms with E-state index < -0.39 is 6.10 Å². The largest absolute Gasteiger partial charge is 0.389 e. The second-order valence-corrected chi connectivity index (χ2v) is 6.92. The molecule has 114 valence electrons. The lowest BCUT2D eigenvalue weighted by atomic mass is 10.0. The van der Waals surface area contributed by atoms with Gasteiger partial charge in [-0.3, -0.25) is 4.90 Å². The molecule has 0 spiro atoms. The highest BCUT2D eigenvalue weighted by molar-refractivity contribution is 7.16. The number of halogens is 1. The summed E-state index contributed by atoms with van der Waals surface area (Å²) in [7, 11) is 0. The summed E-state index contributed by atoms with van der Waals surface area (Å²) in [6.07, 6.45) is 0.171. The second-order valence-electron chi connectivity index (χ2n) is 5.38. The van der Waals surface area contributed by atoms with Gasteiger partial charge in [0, 0.05) is 35.1 Å². The van der Waals surface area contributed by atoms with Gasteiger partial charge in [-0.25, -0.2) is 0 Å². The zero-order chi connectivity index (χ0) is 15.7. The van der Waals surface area contributed by atoms with Crippen LogP contribution in [0.5, 0.6) is 0 Å². The van der Waals surface area contributed by atoms with Crippen LogP contribution in [0.3, 0.4) is 0 Å². The Balaban J connectivity index is 1.73. The fraction of sp³-hybridized carbons (Fsp3) is 0.312. The number of hydrogen-bond acceptors (Lipinski definition) is 5. The third-order valence-electron chi connectivity index (χ3n) is 3.97. The van der Waals surface area contributed by atoms with Gasteiger partial charge >= 0.3 is 0 Å². The molecule has 6 heteroatoms. The van der Waals surface area contributed by atoms with Gasteiger partial charge in [0.15, 0.2) is 0 Å². The smallest absolute Gasteiger partial charge is 0.104 e. The van der Waals surface area contributed by atoms with Crippen LogP contribution in [0.15, 0.2) is 24.3 Å². The van der Waals surface area contributed by atoms with Gasteiger partial charge in [-0.2, -0.15) is 5.26 Å². The van der Waals surface area contributed by atoms with Crippen LogP contribution in [0, 0.1) is 11.3 Å². The van der Waals surface area contributed by atoms with E-state index in [2.05, 4.69) is 11.0 Å². The fourth-order valence-corrected chi connectivity index (χ4v) is 4.22. The van der Waals surface area contributed by atoms with Gasteiger partial charge in [0.1, 0.15) is 11.1 Å². The number of rotatable bonds is 3. The number of benzene rings is 1. The highest BCUT2D eigenvalue weighted by Gasteiger charge is 2.25. The lowest BCUT2D eigenvalue weighted by Gasteiger charge is -2.29. The molecule has 0 saturated carbocycles. The summed E-state index contributed by atoms with van der Waals surface area (Å²) in [6.45, 7) is 2.04. The Morgan fingerprint density at radius 1 is 1.45 bits per heavy atom. The van der Waals surface area contributed by atoms with Crippen LogP contribution in [0.2, 0.25) is 5.02 Å². The van der Waals surface area contributed by atoms with Crippen molar-refractivity contribution in [3.05, 3.63) is 50.9 Å². The summed E-state index contributed by atoms with van der Waals surface area (Å²) < 4.78 is 0. The molecule has 2 heterocycles. The molecule has 0 amide bonds. The minimum atomic E-state index is -0.622. The first-order valence-electron chi connectivity index (χ1n) is 7.05. The molecule has 4 nitrogen and oxygen atoms in total. The Hall–Kier alpha value is -1.58. The summed E-state index contributed by atoms with van der Waals surface area (Å²) in [5.41, 5.74) is 8.36. The van der Waals surface area contributed by atoms with Crippen LogP contribution in [-0.4, -0.2) is 23.1 Å². The molecule has 0 aliphatic carbocycles. The summed E-state index contributed by atoms with van der Waals surface area (Å²) in [5, 5.41) is 20.8. The lowest BCUT2D eigenvalue weighted by molar-refractivity contribution is 0.107. The quantitative estimate of drug-likeness (QED) is 0.905. The Bertz CT molecular complexity index is 737. The zero-order valence-electron chi connectivity index (χ0n) is 11.9. The molecule has 1 aromatic carbocycles. The maximum atomic E-state index is 10.4. The number of β-amino-alcohol motifs (C(OH)–C–C–N with tert-alkyl or cyclic N) is 1. The number of nitrogen functional groups attached to an aromatic ring is 1. The molecule has 1 aromatic heterocycles. The van der Waals surface area contributed by atoms with Gasteiger partial charge in [0.2, 0.25) is 0 Å². The van der Waals surface area contributed by atoms with Crippen LogP contribution >= 0.6 is 22.9 Å². The molecule has 0 radical (unpaired) electrons. The van der Waals surface area contributed by atoms with Crippen molar-refractivity contribution in [1.82, 2.24) is 4.90 Å². The fourth-order valence-electron chi connectivity index (χ4n) is 2.84. The molecular formula is C16H16ClN3OS. The first kappa shape index (κ1) is 15.3. The predicted molar refractivity (Wildman–Crippen MR) is 88.8 cm³/mol. The molecule has 0 bridgehead atoms. The van der Waals surface area contributed by atoms with Crippen molar-refractivity contribution in [2.75, 3.05) is 18.8 Å². The van der Waals surface area contributed by atoms with Crippen molar-refractivity contribution in [3.8, 4) is 6.07 Å². The molecule has 0 saturated heterocycles. The molecule has 3 rings (SSSR count). The van der Waals surface area contributed by atoms with E-state index in [-0.39, 0.29) is 0 Å². The van der Waals surface area contributed by atoms with Crippen molar-refractivity contribution < 1.29 is 5.11 Å². The molecule has 22 heavy (non-hydrogen) atoms. The molecular weight excluding hydrogens is 318 g/mol. The Morgan fingerprint density at radius 3 is 2.95 bits per heavy atom. The Kier molecular flexibility index (Phi) is 4.37. The average Bonchev–Trinajstić information content (AvgIpc) is 2.81. The number of nitrogens with zero attached hydrogens (tertiary/aromatic N) is 2. The highest BCUT2D eigenvalue weighted by Crippen LogP contribution is 2.35. The summed E-state index contributed by atoms with van der Waals surface area (Å²) in [4.78, 5) is 3.31. The van der Waals surface area contributed by atoms with E-state index in [0.29, 0.717) is 28.7 Å². The van der Waals surface area contributed by atoms with Crippen molar-refractivity contribution in [2.24, 2.45) is 0 Å². The predicted octanol–water partition coefficient (Wildman–Crippen LogP) is 2.95. The normalized spacial score (nSPS) is 16.0. The van der Waals surface area contributed by atoms with E-state index in [4.69, 9.17) is 22.6 Å². The Labute approximate surface area is 138 Å². The van der Waals surface area contributed by atoms with Crippen LogP contribution < -0.4 is 5.73 Å². The van der Waals surface area contributed by atoms with Crippen molar-refractivity contribution in [2.45, 2.75) is 19.1 Å². The van der Waals surface area contributed by atoms with Crippen LogP contribution in [0.25, 0.3) is 0 Å². The SMILES string of the molecule is N#Cc1c(N)sc2c1CCN(CC(O)c1ccccc1Cl)C2. The summed E-state index contributed by atoms with van der Waals surface area (Å²) >= 11 is 7.61. The van der Waals surface area contributed by atoms with Crippen molar-refractivity contribution >= 4 is 27.9 Å². The van der Waals surface area contributed by atoms with Gasteiger partial charge < -0.3 is 10.8 Å². The number of aliphatic hydroxyl groups excluding tert-OH is 1. The number of anilines is 1. The Morgan fingerprint density at radius 2 is 2.23 bits per heavy atom. The van der Waals surface area contributed by atoms with Gasteiger partial charge in [-0.05, 0) is 18.1 Å². The summed E-state index contributed by atoms with van der Waals surface area (Å²) in [6, 6.07) is 9.55. The molecule has 1 unspecified atom stereocenters. The molecule has 3 N–H and O–H groups in total. The van der Waals surface area contributed by atoms with Crippen molar-refractivity contribution in [3.63, 3.8) is 0 Å². The van der Waals surface area contributed by atoms with Crippen LogP contribution in [0.4, 0.5) is 5.00 Å².